The number of hydrogen-bond acceptors (Lipinski definition) is 4. The van der Waals surface area contributed by atoms with E-state index in [4.69, 9.17) is 4.74 Å². The number of nitrogens with one attached hydrogen (secondary N) is 2. The number of likely N-dealkylation sites (tertiary alicyclic amines) is 1. The molecular formula is C18H22N4O2. The van der Waals surface area contributed by atoms with Crippen LogP contribution >= 0.6 is 0 Å². The average molecular weight is 326 g/mol. The van der Waals surface area contributed by atoms with Crippen LogP contribution in [0.2, 0.25) is 0 Å². The molecule has 0 unspecified atom stereocenters. The maximum absolute atomic E-state index is 12.4. The monoisotopic (exact) mass is 326 g/mol. The van der Waals surface area contributed by atoms with Gasteiger partial charge in [-0.3, -0.25) is 4.98 Å². The number of ether oxygens (including phenoxy) is 1. The summed E-state index contributed by atoms with van der Waals surface area (Å²) in [5.74, 6) is 0.729. The van der Waals surface area contributed by atoms with Crippen LogP contribution in [0.15, 0.2) is 48.8 Å². The standard InChI is InChI=1S/C18H22N4O2/c1-24-17-6-2-4-15(12-17)21-18(23)22-10-7-14(8-11-22)20-16-5-3-9-19-13-16/h2-6,9,12-14,20H,7-8,10-11H2,1H3,(H,21,23). The normalized spacial score (nSPS) is 15.0. The molecule has 1 fully saturated rings. The van der Waals surface area contributed by atoms with E-state index in [2.05, 4.69) is 15.6 Å². The van der Waals surface area contributed by atoms with Crippen LogP contribution in [0.25, 0.3) is 0 Å². The molecule has 0 bridgehead atoms. The lowest BCUT2D eigenvalue weighted by molar-refractivity contribution is 0.197. The van der Waals surface area contributed by atoms with Crippen LogP contribution in [0.3, 0.4) is 0 Å². The fraction of sp³-hybridized carbons (Fsp3) is 0.333. The lowest BCUT2D eigenvalue weighted by atomic mass is 10.1. The minimum Gasteiger partial charge on any atom is -0.497 e. The molecule has 126 valence electrons. The summed E-state index contributed by atoms with van der Waals surface area (Å²) in [4.78, 5) is 18.3. The highest BCUT2D eigenvalue weighted by atomic mass is 16.5. The van der Waals surface area contributed by atoms with Crippen LogP contribution in [-0.4, -0.2) is 42.2 Å². The Morgan fingerprint density at radius 3 is 2.71 bits per heavy atom. The molecule has 2 heterocycles. The maximum atomic E-state index is 12.4. The van der Waals surface area contributed by atoms with Gasteiger partial charge in [-0.15, -0.1) is 0 Å². The van der Waals surface area contributed by atoms with Crippen molar-refractivity contribution in [1.82, 2.24) is 9.88 Å². The van der Waals surface area contributed by atoms with Gasteiger partial charge >= 0.3 is 6.03 Å². The Morgan fingerprint density at radius 1 is 1.21 bits per heavy atom. The fourth-order valence-corrected chi connectivity index (χ4v) is 2.81. The van der Waals surface area contributed by atoms with Crippen molar-refractivity contribution in [2.24, 2.45) is 0 Å². The molecule has 2 amide bonds. The second kappa shape index (κ2) is 7.68. The summed E-state index contributed by atoms with van der Waals surface area (Å²) in [6.07, 6.45) is 5.42. The van der Waals surface area contributed by atoms with E-state index in [1.165, 1.54) is 0 Å². The van der Waals surface area contributed by atoms with Crippen LogP contribution in [-0.2, 0) is 0 Å². The third kappa shape index (κ3) is 4.16. The smallest absolute Gasteiger partial charge is 0.321 e. The summed E-state index contributed by atoms with van der Waals surface area (Å²) in [6.45, 7) is 1.46. The van der Waals surface area contributed by atoms with Crippen molar-refractivity contribution in [3.63, 3.8) is 0 Å². The number of urea groups is 1. The Bertz CT molecular complexity index is 670. The van der Waals surface area contributed by atoms with E-state index in [1.807, 2.05) is 47.5 Å². The molecule has 0 saturated carbocycles. The number of anilines is 2. The fourth-order valence-electron chi connectivity index (χ4n) is 2.81. The topological polar surface area (TPSA) is 66.5 Å². The molecule has 0 aliphatic carbocycles. The van der Waals surface area contributed by atoms with Gasteiger partial charge in [-0.05, 0) is 37.1 Å². The van der Waals surface area contributed by atoms with Gasteiger partial charge in [0.25, 0.3) is 0 Å². The third-order valence-corrected chi connectivity index (χ3v) is 4.14. The zero-order chi connectivity index (χ0) is 16.8. The van der Waals surface area contributed by atoms with Crippen LogP contribution in [0.1, 0.15) is 12.8 Å². The van der Waals surface area contributed by atoms with Gasteiger partial charge in [0.15, 0.2) is 0 Å². The van der Waals surface area contributed by atoms with E-state index in [0.717, 1.165) is 43.1 Å². The van der Waals surface area contributed by atoms with Crippen LogP contribution in [0, 0.1) is 0 Å². The molecule has 1 aromatic carbocycles. The zero-order valence-electron chi connectivity index (χ0n) is 13.7. The summed E-state index contributed by atoms with van der Waals surface area (Å²) in [7, 11) is 1.61. The van der Waals surface area contributed by atoms with Crippen molar-refractivity contribution in [3.05, 3.63) is 48.8 Å². The van der Waals surface area contributed by atoms with Crippen molar-refractivity contribution in [2.75, 3.05) is 30.8 Å². The van der Waals surface area contributed by atoms with Gasteiger partial charge in [0, 0.05) is 43.3 Å². The molecule has 0 radical (unpaired) electrons. The molecule has 2 aromatic rings. The SMILES string of the molecule is COc1cccc(NC(=O)N2CCC(Nc3cccnc3)CC2)c1. The number of rotatable bonds is 4. The van der Waals surface area contributed by atoms with Gasteiger partial charge in [0.2, 0.25) is 0 Å². The molecule has 2 N–H and O–H groups in total. The van der Waals surface area contributed by atoms with Gasteiger partial charge in [-0.25, -0.2) is 4.79 Å². The first kappa shape index (κ1) is 16.1. The number of methoxy groups -OCH3 is 1. The van der Waals surface area contributed by atoms with Gasteiger partial charge < -0.3 is 20.3 Å². The summed E-state index contributed by atoms with van der Waals surface area (Å²) < 4.78 is 5.17. The predicted molar refractivity (Wildman–Crippen MR) is 94.5 cm³/mol. The third-order valence-electron chi connectivity index (χ3n) is 4.14. The number of aromatic nitrogens is 1. The highest BCUT2D eigenvalue weighted by Gasteiger charge is 2.22. The molecule has 0 spiro atoms. The van der Waals surface area contributed by atoms with E-state index in [1.54, 1.807) is 13.3 Å². The van der Waals surface area contributed by atoms with Gasteiger partial charge in [0.1, 0.15) is 5.75 Å². The number of benzene rings is 1. The predicted octanol–water partition coefficient (Wildman–Crippen LogP) is 3.20. The summed E-state index contributed by atoms with van der Waals surface area (Å²) >= 11 is 0. The molecule has 24 heavy (non-hydrogen) atoms. The van der Waals surface area contributed by atoms with Gasteiger partial charge in [-0.2, -0.15) is 0 Å². The molecule has 0 atom stereocenters. The Labute approximate surface area is 141 Å². The molecular weight excluding hydrogens is 304 g/mol. The lowest BCUT2D eigenvalue weighted by Gasteiger charge is -2.32. The van der Waals surface area contributed by atoms with Crippen LogP contribution < -0.4 is 15.4 Å². The maximum Gasteiger partial charge on any atom is 0.321 e. The van der Waals surface area contributed by atoms with E-state index in [0.29, 0.717) is 6.04 Å². The second-order valence-electron chi connectivity index (χ2n) is 5.81. The number of hydrogen-bond donors (Lipinski definition) is 2. The molecule has 6 heteroatoms. The highest BCUT2D eigenvalue weighted by Crippen LogP contribution is 2.19. The van der Waals surface area contributed by atoms with Crippen LogP contribution in [0.4, 0.5) is 16.2 Å². The minimum absolute atomic E-state index is 0.0666. The molecule has 3 rings (SSSR count). The highest BCUT2D eigenvalue weighted by molar-refractivity contribution is 5.89. The van der Waals surface area contributed by atoms with E-state index in [9.17, 15) is 4.79 Å². The Balaban J connectivity index is 1.49. The molecule has 1 saturated heterocycles. The number of amides is 2. The van der Waals surface area contributed by atoms with Crippen LogP contribution in [0.5, 0.6) is 5.75 Å². The number of piperidine rings is 1. The molecule has 6 nitrogen and oxygen atoms in total. The molecule has 1 aliphatic rings. The van der Waals surface area contributed by atoms with Crippen molar-refractivity contribution in [3.8, 4) is 5.75 Å². The van der Waals surface area contributed by atoms with E-state index in [-0.39, 0.29) is 6.03 Å². The second-order valence-corrected chi connectivity index (χ2v) is 5.81. The summed E-state index contributed by atoms with van der Waals surface area (Å²) in [5.41, 5.74) is 1.77. The Kier molecular flexibility index (Phi) is 5.15. The lowest BCUT2D eigenvalue weighted by Crippen LogP contribution is -2.44. The Hall–Kier alpha value is -2.76. The minimum atomic E-state index is -0.0666. The Morgan fingerprint density at radius 2 is 2.00 bits per heavy atom. The molecule has 1 aromatic heterocycles. The first-order valence-electron chi connectivity index (χ1n) is 8.11. The van der Waals surface area contributed by atoms with Crippen molar-refractivity contribution < 1.29 is 9.53 Å². The van der Waals surface area contributed by atoms with Crippen molar-refractivity contribution >= 4 is 17.4 Å². The summed E-state index contributed by atoms with van der Waals surface area (Å²) in [6, 6.07) is 11.6. The van der Waals surface area contributed by atoms with Gasteiger partial charge in [-0.1, -0.05) is 6.07 Å². The first-order valence-corrected chi connectivity index (χ1v) is 8.11. The quantitative estimate of drug-likeness (QED) is 0.905. The van der Waals surface area contributed by atoms with E-state index < -0.39 is 0 Å². The number of nitrogens with zero attached hydrogens (tertiary/aromatic N) is 2. The van der Waals surface area contributed by atoms with Gasteiger partial charge in [0.05, 0.1) is 12.8 Å². The summed E-state index contributed by atoms with van der Waals surface area (Å²) in [5, 5.41) is 6.40. The van der Waals surface area contributed by atoms with E-state index >= 15 is 0 Å². The average Bonchev–Trinajstić information content (AvgIpc) is 2.63. The number of pyridine rings is 1. The largest absolute Gasteiger partial charge is 0.497 e. The van der Waals surface area contributed by atoms with Crippen molar-refractivity contribution in [2.45, 2.75) is 18.9 Å². The number of carbonyl (C=O) groups is 1. The molecule has 1 aliphatic heterocycles. The first-order chi connectivity index (χ1) is 11.7. The number of carbonyl (C=O) groups excluding carboxylic acids is 1. The van der Waals surface area contributed by atoms with Crippen molar-refractivity contribution in [1.29, 1.82) is 0 Å². The zero-order valence-corrected chi connectivity index (χ0v) is 13.7.